The van der Waals surface area contributed by atoms with E-state index in [1.165, 1.54) is 134 Å². The van der Waals surface area contributed by atoms with Gasteiger partial charge in [0.25, 0.3) is 5.52 Å². The standard InChI is InChI=1S/C29H50NO.F6P/c1-2-3-4-5-6-7-8-9-10-11-12-13-14-15-16-17-18-19-20-23-26-30-27-31-29-25-22-21-24-28(29)30;1-7(2,3,4,5)6/h21-22,24-25,27H,2-20,23,26H2,1H3;/q+1;-1. The van der Waals surface area contributed by atoms with Crippen LogP contribution in [0.25, 0.3) is 11.1 Å². The number of rotatable bonds is 21. The van der Waals surface area contributed by atoms with Crippen molar-refractivity contribution in [1.29, 1.82) is 0 Å². The molecule has 0 aliphatic rings. The molecule has 224 valence electrons. The van der Waals surface area contributed by atoms with E-state index in [-0.39, 0.29) is 0 Å². The Kier molecular flexibility index (Phi) is 15.9. The number of halogens is 6. The average Bonchev–Trinajstić information content (AvgIpc) is 3.24. The van der Waals surface area contributed by atoms with Crippen molar-refractivity contribution in [3.05, 3.63) is 30.7 Å². The fourth-order valence-electron chi connectivity index (χ4n) is 4.68. The van der Waals surface area contributed by atoms with Crippen molar-refractivity contribution < 1.29 is 34.2 Å². The molecule has 1 heterocycles. The van der Waals surface area contributed by atoms with E-state index in [2.05, 4.69) is 23.6 Å². The molecule has 2 nitrogen and oxygen atoms in total. The molecule has 0 aliphatic carbocycles. The molecule has 0 radical (unpaired) electrons. The molecule has 0 amide bonds. The van der Waals surface area contributed by atoms with Gasteiger partial charge in [0.15, 0.2) is 6.54 Å². The number of hydrogen-bond donors (Lipinski definition) is 0. The summed E-state index contributed by atoms with van der Waals surface area (Å²) in [4.78, 5) is 0. The van der Waals surface area contributed by atoms with Crippen LogP contribution in [0.3, 0.4) is 0 Å². The third-order valence-corrected chi connectivity index (χ3v) is 6.73. The van der Waals surface area contributed by atoms with Crippen LogP contribution in [-0.4, -0.2) is 0 Å². The van der Waals surface area contributed by atoms with E-state index >= 15 is 0 Å². The molecule has 0 spiro atoms. The van der Waals surface area contributed by atoms with Gasteiger partial charge in [0.1, 0.15) is 0 Å². The third kappa shape index (κ3) is 23.8. The van der Waals surface area contributed by atoms with Gasteiger partial charge in [-0.15, -0.1) is 0 Å². The molecule has 1 aromatic carbocycles. The number of aromatic nitrogens is 1. The van der Waals surface area contributed by atoms with Gasteiger partial charge < -0.3 is 4.42 Å². The fraction of sp³-hybridized carbons (Fsp3) is 0.759. The van der Waals surface area contributed by atoms with Crippen LogP contribution < -0.4 is 4.57 Å². The quantitative estimate of drug-likeness (QED) is 0.0628. The van der Waals surface area contributed by atoms with Crippen LogP contribution in [0.2, 0.25) is 0 Å². The molecule has 0 saturated heterocycles. The summed E-state index contributed by atoms with van der Waals surface area (Å²) in [6.07, 6.45) is 30.6. The maximum atomic E-state index is 9.87. The molecule has 2 rings (SSSR count). The molecule has 38 heavy (non-hydrogen) atoms. The van der Waals surface area contributed by atoms with E-state index < -0.39 is 7.81 Å². The van der Waals surface area contributed by atoms with E-state index in [4.69, 9.17) is 4.42 Å². The Morgan fingerprint density at radius 2 is 0.895 bits per heavy atom. The summed E-state index contributed by atoms with van der Waals surface area (Å²) in [6, 6.07) is 8.32. The third-order valence-electron chi connectivity index (χ3n) is 6.73. The monoisotopic (exact) mass is 573 g/mol. The van der Waals surface area contributed by atoms with Crippen LogP contribution >= 0.6 is 7.81 Å². The van der Waals surface area contributed by atoms with E-state index in [0.717, 1.165) is 12.1 Å². The van der Waals surface area contributed by atoms with Crippen molar-refractivity contribution >= 4 is 18.9 Å². The molecule has 0 unspecified atom stereocenters. The number of aryl methyl sites for hydroxylation is 1. The van der Waals surface area contributed by atoms with Gasteiger partial charge in [-0.05, 0) is 12.5 Å². The molecule has 0 fully saturated rings. The van der Waals surface area contributed by atoms with Crippen molar-refractivity contribution in [1.82, 2.24) is 0 Å². The second-order valence-electron chi connectivity index (χ2n) is 10.6. The van der Waals surface area contributed by atoms with Gasteiger partial charge in [-0.3, -0.25) is 0 Å². The Morgan fingerprint density at radius 1 is 0.553 bits per heavy atom. The first kappa shape index (κ1) is 34.7. The zero-order chi connectivity index (χ0) is 28.2. The first-order valence-electron chi connectivity index (χ1n) is 14.8. The molecular weight excluding hydrogens is 523 g/mol. The van der Waals surface area contributed by atoms with E-state index in [0.29, 0.717) is 0 Å². The van der Waals surface area contributed by atoms with Gasteiger partial charge in [0.05, 0.1) is 0 Å². The predicted molar refractivity (Wildman–Crippen MR) is 148 cm³/mol. The van der Waals surface area contributed by atoms with Gasteiger partial charge in [-0.25, -0.2) is 0 Å². The minimum atomic E-state index is -10.7. The van der Waals surface area contributed by atoms with Gasteiger partial charge in [0, 0.05) is 12.5 Å². The molecule has 9 heteroatoms. The maximum absolute atomic E-state index is 10.7. The van der Waals surface area contributed by atoms with Gasteiger partial charge in [-0.1, -0.05) is 135 Å². The number of oxazole rings is 1. The van der Waals surface area contributed by atoms with Crippen LogP contribution in [0.4, 0.5) is 25.2 Å². The summed E-state index contributed by atoms with van der Waals surface area (Å²) in [5.74, 6) is 0. The Morgan fingerprint density at radius 3 is 1.29 bits per heavy atom. The Hall–Kier alpha value is -1.30. The van der Waals surface area contributed by atoms with Crippen LogP contribution in [0.1, 0.15) is 135 Å². The van der Waals surface area contributed by atoms with Crippen molar-refractivity contribution in [3.8, 4) is 0 Å². The summed E-state index contributed by atoms with van der Waals surface area (Å²) in [5.41, 5.74) is 2.22. The Balaban J connectivity index is 0.000000905. The van der Waals surface area contributed by atoms with Crippen LogP contribution in [-0.2, 0) is 6.54 Å². The fourth-order valence-corrected chi connectivity index (χ4v) is 4.68. The molecule has 0 N–H and O–H groups in total. The van der Waals surface area contributed by atoms with Crippen molar-refractivity contribution in [2.75, 3.05) is 0 Å². The molecular formula is C29H50F6NOP. The topological polar surface area (TPSA) is 17.0 Å². The zero-order valence-electron chi connectivity index (χ0n) is 23.3. The average molecular weight is 574 g/mol. The van der Waals surface area contributed by atoms with E-state index in [9.17, 15) is 25.2 Å². The van der Waals surface area contributed by atoms with Crippen LogP contribution in [0.15, 0.2) is 35.1 Å². The number of para-hydroxylation sites is 2. The second kappa shape index (κ2) is 17.4. The number of fused-ring (bicyclic) bond motifs is 1. The van der Waals surface area contributed by atoms with Gasteiger partial charge >= 0.3 is 39.4 Å². The normalized spacial score (nSPS) is 13.7. The molecule has 1 aromatic heterocycles. The summed E-state index contributed by atoms with van der Waals surface area (Å²) < 4.78 is 67.1. The second-order valence-corrected chi connectivity index (χ2v) is 12.5. The van der Waals surface area contributed by atoms with Crippen molar-refractivity contribution in [2.24, 2.45) is 0 Å². The number of hydrogen-bond acceptors (Lipinski definition) is 1. The summed E-state index contributed by atoms with van der Waals surface area (Å²) >= 11 is 0. The SMILES string of the molecule is CCCCCCCCCCCCCCCCCCCCCC[n+]1coc2ccccc21.F[P-](F)(F)(F)(F)F. The number of nitrogens with zero attached hydrogens (tertiary/aromatic N) is 1. The Bertz CT molecular complexity index is 842. The molecule has 2 aromatic rings. The number of benzene rings is 1. The Labute approximate surface area is 225 Å². The van der Waals surface area contributed by atoms with Crippen molar-refractivity contribution in [3.63, 3.8) is 0 Å². The molecule has 0 bridgehead atoms. The zero-order valence-corrected chi connectivity index (χ0v) is 24.2. The minimum absolute atomic E-state index is 0.996. The first-order valence-corrected chi connectivity index (χ1v) is 16.8. The molecule has 0 aliphatic heterocycles. The first-order chi connectivity index (χ1) is 17.9. The molecule has 0 atom stereocenters. The van der Waals surface area contributed by atoms with Crippen molar-refractivity contribution in [2.45, 2.75) is 142 Å². The predicted octanol–water partition coefficient (Wildman–Crippen LogP) is 12.9. The summed E-state index contributed by atoms with van der Waals surface area (Å²) in [7, 11) is -10.7. The summed E-state index contributed by atoms with van der Waals surface area (Å²) in [5, 5.41) is 0. The van der Waals surface area contributed by atoms with Crippen LogP contribution in [0, 0.1) is 0 Å². The van der Waals surface area contributed by atoms with Gasteiger partial charge in [-0.2, -0.15) is 4.57 Å². The van der Waals surface area contributed by atoms with E-state index in [1.54, 1.807) is 0 Å². The van der Waals surface area contributed by atoms with E-state index in [1.807, 2.05) is 18.5 Å². The molecule has 0 saturated carbocycles. The number of unbranched alkanes of at least 4 members (excludes halogenated alkanes) is 19. The van der Waals surface area contributed by atoms with Crippen LogP contribution in [0.5, 0.6) is 0 Å². The van der Waals surface area contributed by atoms with Gasteiger partial charge in [0.2, 0.25) is 5.58 Å². The summed E-state index contributed by atoms with van der Waals surface area (Å²) in [6.45, 7) is 3.38.